The van der Waals surface area contributed by atoms with E-state index in [-0.39, 0.29) is 24.0 Å². The van der Waals surface area contributed by atoms with E-state index in [0.717, 1.165) is 31.2 Å². The first-order valence-electron chi connectivity index (χ1n) is 6.26. The molecule has 0 fully saturated rings. The van der Waals surface area contributed by atoms with Crippen LogP contribution in [-0.4, -0.2) is 44.1 Å². The van der Waals surface area contributed by atoms with Crippen molar-refractivity contribution in [3.63, 3.8) is 0 Å². The summed E-state index contributed by atoms with van der Waals surface area (Å²) < 4.78 is 42.5. The summed E-state index contributed by atoms with van der Waals surface area (Å²) in [6, 6.07) is 4.67. The third-order valence-electron chi connectivity index (χ3n) is 2.89. The lowest BCUT2D eigenvalue weighted by atomic mass is 10.2. The molecule has 0 saturated carbocycles. The molecule has 0 unspecified atom stereocenters. The molecule has 1 aliphatic rings. The van der Waals surface area contributed by atoms with Crippen LogP contribution >= 0.6 is 24.0 Å². The molecular weight excluding hydrogens is 398 g/mol. The molecule has 8 heteroatoms. The Morgan fingerprint density at radius 2 is 1.95 bits per heavy atom. The summed E-state index contributed by atoms with van der Waals surface area (Å²) in [6.45, 7) is 2.57. The van der Waals surface area contributed by atoms with Gasteiger partial charge in [0.2, 0.25) is 0 Å². The lowest BCUT2D eigenvalue weighted by Gasteiger charge is -2.15. The van der Waals surface area contributed by atoms with Gasteiger partial charge >= 0.3 is 6.18 Å². The predicted octanol–water partition coefficient (Wildman–Crippen LogP) is 2.59. The molecule has 0 amide bonds. The zero-order chi connectivity index (χ0) is 14.6. The summed E-state index contributed by atoms with van der Waals surface area (Å²) in [5, 5.41) is 3.11. The van der Waals surface area contributed by atoms with Crippen molar-refractivity contribution in [1.82, 2.24) is 10.2 Å². The zero-order valence-corrected chi connectivity index (χ0v) is 13.8. The fourth-order valence-corrected chi connectivity index (χ4v) is 1.80. The van der Waals surface area contributed by atoms with Crippen molar-refractivity contribution in [2.24, 2.45) is 4.99 Å². The first kappa shape index (κ1) is 17.9. The molecule has 0 bridgehead atoms. The van der Waals surface area contributed by atoms with E-state index in [4.69, 9.17) is 4.74 Å². The van der Waals surface area contributed by atoms with Gasteiger partial charge in [-0.25, -0.2) is 0 Å². The number of guanidine groups is 1. The van der Waals surface area contributed by atoms with Gasteiger partial charge in [-0.05, 0) is 24.3 Å². The van der Waals surface area contributed by atoms with E-state index in [2.05, 4.69) is 10.3 Å². The molecule has 0 radical (unpaired) electrons. The summed E-state index contributed by atoms with van der Waals surface area (Å²) in [5.74, 6) is 1.24. The highest BCUT2D eigenvalue weighted by molar-refractivity contribution is 14.0. The smallest absolute Gasteiger partial charge is 0.416 e. The molecule has 1 aliphatic heterocycles. The number of alkyl halides is 3. The van der Waals surface area contributed by atoms with Gasteiger partial charge in [0.05, 0.1) is 18.7 Å². The zero-order valence-electron chi connectivity index (χ0n) is 11.5. The summed E-state index contributed by atoms with van der Waals surface area (Å²) in [6.07, 6.45) is -4.31. The normalized spacial score (nSPS) is 14.5. The molecule has 2 rings (SSSR count). The minimum Gasteiger partial charge on any atom is -0.492 e. The van der Waals surface area contributed by atoms with Crippen LogP contribution in [0.25, 0.3) is 0 Å². The molecule has 0 aromatic heterocycles. The molecule has 1 aromatic carbocycles. The molecule has 1 N–H and O–H groups in total. The molecule has 4 nitrogen and oxygen atoms in total. The van der Waals surface area contributed by atoms with Crippen molar-refractivity contribution in [3.05, 3.63) is 29.8 Å². The maximum atomic E-state index is 12.4. The Kier molecular flexibility index (Phi) is 6.56. The number of rotatable bonds is 4. The van der Waals surface area contributed by atoms with E-state index >= 15 is 0 Å². The van der Waals surface area contributed by atoms with Gasteiger partial charge in [0, 0.05) is 13.6 Å². The van der Waals surface area contributed by atoms with Crippen LogP contribution in [0.3, 0.4) is 0 Å². The van der Waals surface area contributed by atoms with Crippen LogP contribution < -0.4 is 10.1 Å². The third kappa shape index (κ3) is 5.25. The van der Waals surface area contributed by atoms with Crippen molar-refractivity contribution in [2.75, 3.05) is 33.3 Å². The SMILES string of the molecule is CN1CCN=C1NCCOc1ccc(C(F)(F)F)cc1.I. The highest BCUT2D eigenvalue weighted by Gasteiger charge is 2.29. The minimum atomic E-state index is -4.31. The molecular formula is C13H17F3IN3O. The van der Waals surface area contributed by atoms with Gasteiger partial charge in [-0.2, -0.15) is 13.2 Å². The summed E-state index contributed by atoms with van der Waals surface area (Å²) in [5.41, 5.74) is -0.676. The number of likely N-dealkylation sites (N-methyl/N-ethyl adjacent to an activating group) is 1. The van der Waals surface area contributed by atoms with E-state index in [9.17, 15) is 13.2 Å². The first-order valence-corrected chi connectivity index (χ1v) is 6.26. The van der Waals surface area contributed by atoms with Gasteiger partial charge < -0.3 is 15.0 Å². The van der Waals surface area contributed by atoms with Gasteiger partial charge in [-0.3, -0.25) is 4.99 Å². The largest absolute Gasteiger partial charge is 0.492 e. The van der Waals surface area contributed by atoms with Crippen molar-refractivity contribution < 1.29 is 17.9 Å². The molecule has 1 heterocycles. The van der Waals surface area contributed by atoms with Gasteiger partial charge in [0.1, 0.15) is 12.4 Å². The number of hydrogen-bond acceptors (Lipinski definition) is 4. The topological polar surface area (TPSA) is 36.9 Å². The van der Waals surface area contributed by atoms with Crippen LogP contribution in [0.15, 0.2) is 29.3 Å². The monoisotopic (exact) mass is 415 g/mol. The molecule has 118 valence electrons. The van der Waals surface area contributed by atoms with E-state index in [1.807, 2.05) is 11.9 Å². The first-order chi connectivity index (χ1) is 9.47. The second kappa shape index (κ2) is 7.71. The predicted molar refractivity (Wildman–Crippen MR) is 85.3 cm³/mol. The standard InChI is InChI=1S/C13H16F3N3O.HI/c1-19-8-6-17-12(19)18-7-9-20-11-4-2-10(3-5-11)13(14,15)16;/h2-5H,6-9H2,1H3,(H,17,18);1H. The van der Waals surface area contributed by atoms with E-state index in [1.165, 1.54) is 12.1 Å². The number of aliphatic imine (C=N–C) groups is 1. The summed E-state index contributed by atoms with van der Waals surface area (Å²) in [7, 11) is 1.94. The lowest BCUT2D eigenvalue weighted by molar-refractivity contribution is -0.137. The second-order valence-electron chi connectivity index (χ2n) is 4.42. The minimum absolute atomic E-state index is 0. The maximum absolute atomic E-state index is 12.4. The van der Waals surface area contributed by atoms with Crippen LogP contribution in [0.4, 0.5) is 13.2 Å². The Morgan fingerprint density at radius 3 is 2.48 bits per heavy atom. The number of nitrogens with zero attached hydrogens (tertiary/aromatic N) is 2. The molecule has 0 spiro atoms. The van der Waals surface area contributed by atoms with Crippen molar-refractivity contribution >= 4 is 29.9 Å². The fraction of sp³-hybridized carbons (Fsp3) is 0.462. The van der Waals surface area contributed by atoms with Crippen LogP contribution in [0, 0.1) is 0 Å². The molecule has 21 heavy (non-hydrogen) atoms. The highest BCUT2D eigenvalue weighted by Crippen LogP contribution is 2.30. The quantitative estimate of drug-likeness (QED) is 0.607. The third-order valence-corrected chi connectivity index (χ3v) is 2.89. The molecule has 0 aliphatic carbocycles. The number of ether oxygens (including phenoxy) is 1. The molecule has 1 aromatic rings. The summed E-state index contributed by atoms with van der Waals surface area (Å²) >= 11 is 0. The average Bonchev–Trinajstić information content (AvgIpc) is 2.80. The number of halogens is 4. The van der Waals surface area contributed by atoms with Gasteiger partial charge in [0.15, 0.2) is 5.96 Å². The maximum Gasteiger partial charge on any atom is 0.416 e. The number of nitrogens with one attached hydrogen (secondary N) is 1. The number of hydrogen-bond donors (Lipinski definition) is 1. The van der Waals surface area contributed by atoms with E-state index in [1.54, 1.807) is 0 Å². The van der Waals surface area contributed by atoms with Crippen LogP contribution in [0.2, 0.25) is 0 Å². The molecule has 0 atom stereocenters. The van der Waals surface area contributed by atoms with Crippen molar-refractivity contribution in [2.45, 2.75) is 6.18 Å². The Balaban J connectivity index is 0.00000220. The Morgan fingerprint density at radius 1 is 1.29 bits per heavy atom. The van der Waals surface area contributed by atoms with E-state index in [0.29, 0.717) is 18.9 Å². The van der Waals surface area contributed by atoms with Crippen molar-refractivity contribution in [3.8, 4) is 5.75 Å². The molecule has 0 saturated heterocycles. The lowest BCUT2D eigenvalue weighted by Crippen LogP contribution is -2.37. The second-order valence-corrected chi connectivity index (χ2v) is 4.42. The number of benzene rings is 1. The average molecular weight is 415 g/mol. The van der Waals surface area contributed by atoms with Gasteiger partial charge in [0.25, 0.3) is 0 Å². The Bertz CT molecular complexity index is 477. The Hall–Kier alpha value is -1.19. The van der Waals surface area contributed by atoms with Gasteiger partial charge in [-0.15, -0.1) is 24.0 Å². The van der Waals surface area contributed by atoms with Crippen molar-refractivity contribution in [1.29, 1.82) is 0 Å². The van der Waals surface area contributed by atoms with Gasteiger partial charge in [-0.1, -0.05) is 0 Å². The fourth-order valence-electron chi connectivity index (χ4n) is 1.80. The summed E-state index contributed by atoms with van der Waals surface area (Å²) in [4.78, 5) is 6.25. The Labute approximate surface area is 138 Å². The van der Waals surface area contributed by atoms with Crippen LogP contribution in [0.1, 0.15) is 5.56 Å². The van der Waals surface area contributed by atoms with Crippen LogP contribution in [0.5, 0.6) is 5.75 Å². The highest BCUT2D eigenvalue weighted by atomic mass is 127. The van der Waals surface area contributed by atoms with E-state index < -0.39 is 11.7 Å². The van der Waals surface area contributed by atoms with Crippen LogP contribution in [-0.2, 0) is 6.18 Å².